The molecule has 2 amide bonds. The minimum absolute atomic E-state index is 0.0870. The Morgan fingerprint density at radius 2 is 2.05 bits per heavy atom. The summed E-state index contributed by atoms with van der Waals surface area (Å²) in [4.78, 5) is 23.1. The third kappa shape index (κ3) is 3.30. The summed E-state index contributed by atoms with van der Waals surface area (Å²) in [6.45, 7) is 0.714. The third-order valence-corrected chi connectivity index (χ3v) is 3.10. The average molecular weight is 263 g/mol. The van der Waals surface area contributed by atoms with Crippen molar-refractivity contribution in [3.63, 3.8) is 0 Å². The van der Waals surface area contributed by atoms with Gasteiger partial charge in [0, 0.05) is 11.7 Å². The van der Waals surface area contributed by atoms with E-state index in [4.69, 9.17) is 16.2 Å². The summed E-state index contributed by atoms with van der Waals surface area (Å²) in [6, 6.07) is 6.77. The molecular weight excluding hydrogens is 246 g/mol. The van der Waals surface area contributed by atoms with Crippen LogP contribution in [0.5, 0.6) is 0 Å². The fourth-order valence-electron chi connectivity index (χ4n) is 2.05. The smallest absolute Gasteiger partial charge is 0.231 e. The molecule has 6 heteroatoms. The summed E-state index contributed by atoms with van der Waals surface area (Å²) in [5, 5.41) is 2.78. The van der Waals surface area contributed by atoms with Gasteiger partial charge in [-0.2, -0.15) is 0 Å². The number of nitrogens with two attached hydrogens (primary N) is 2. The molecular formula is C13H17N3O3. The van der Waals surface area contributed by atoms with Crippen LogP contribution in [0.2, 0.25) is 0 Å². The topological polar surface area (TPSA) is 107 Å². The molecule has 0 saturated carbocycles. The van der Waals surface area contributed by atoms with Gasteiger partial charge in [-0.05, 0) is 11.6 Å². The molecule has 0 spiro atoms. The van der Waals surface area contributed by atoms with Gasteiger partial charge in [0.1, 0.15) is 0 Å². The first kappa shape index (κ1) is 13.5. The summed E-state index contributed by atoms with van der Waals surface area (Å²) in [5.41, 5.74) is 12.2. The molecule has 1 fully saturated rings. The van der Waals surface area contributed by atoms with Crippen LogP contribution in [-0.2, 0) is 20.7 Å². The van der Waals surface area contributed by atoms with Gasteiger partial charge in [0.05, 0.1) is 25.6 Å². The average Bonchev–Trinajstić information content (AvgIpc) is 2.77. The van der Waals surface area contributed by atoms with Crippen molar-refractivity contribution >= 4 is 17.5 Å². The maximum atomic E-state index is 12.1. The molecule has 1 heterocycles. The molecule has 6 nitrogen and oxygen atoms in total. The lowest BCUT2D eigenvalue weighted by Crippen LogP contribution is -2.37. The van der Waals surface area contributed by atoms with E-state index >= 15 is 0 Å². The fourth-order valence-corrected chi connectivity index (χ4v) is 2.05. The number of ether oxygens (including phenoxy) is 1. The molecule has 2 unspecified atom stereocenters. The summed E-state index contributed by atoms with van der Waals surface area (Å²) in [6.07, 6.45) is 0.0870. The van der Waals surface area contributed by atoms with E-state index in [0.717, 1.165) is 0 Å². The highest BCUT2D eigenvalue weighted by Gasteiger charge is 2.31. The summed E-state index contributed by atoms with van der Waals surface area (Å²) >= 11 is 0. The van der Waals surface area contributed by atoms with Crippen LogP contribution in [0.1, 0.15) is 5.56 Å². The first-order chi connectivity index (χ1) is 9.08. The van der Waals surface area contributed by atoms with E-state index in [9.17, 15) is 9.59 Å². The van der Waals surface area contributed by atoms with Gasteiger partial charge in [0.15, 0.2) is 0 Å². The number of para-hydroxylation sites is 1. The zero-order valence-electron chi connectivity index (χ0n) is 10.5. The number of benzene rings is 1. The van der Waals surface area contributed by atoms with Crippen LogP contribution in [-0.4, -0.2) is 31.1 Å². The van der Waals surface area contributed by atoms with Crippen LogP contribution in [0.3, 0.4) is 0 Å². The molecule has 1 saturated heterocycles. The van der Waals surface area contributed by atoms with Crippen LogP contribution >= 0.6 is 0 Å². The van der Waals surface area contributed by atoms with Crippen LogP contribution < -0.4 is 16.8 Å². The molecule has 1 aliphatic heterocycles. The van der Waals surface area contributed by atoms with Crippen molar-refractivity contribution in [2.24, 2.45) is 17.4 Å². The lowest BCUT2D eigenvalue weighted by atomic mass is 10.0. The first-order valence-corrected chi connectivity index (χ1v) is 6.08. The number of amides is 2. The van der Waals surface area contributed by atoms with E-state index in [0.29, 0.717) is 24.5 Å². The molecule has 19 heavy (non-hydrogen) atoms. The molecule has 2 atom stereocenters. The normalized spacial score (nSPS) is 22.2. The van der Waals surface area contributed by atoms with Crippen molar-refractivity contribution in [2.45, 2.75) is 12.5 Å². The lowest BCUT2D eigenvalue weighted by Gasteiger charge is -2.15. The standard InChI is InChI=1S/C13H17N3O3/c14-10-7-19-6-9(10)13(18)16-11-4-2-1-3-8(11)5-12(15)17/h1-4,9-10H,5-7,14H2,(H2,15,17)(H,16,18). The van der Waals surface area contributed by atoms with Gasteiger partial charge in [-0.1, -0.05) is 18.2 Å². The number of carbonyl (C=O) groups is 2. The highest BCUT2D eigenvalue weighted by Crippen LogP contribution is 2.19. The third-order valence-electron chi connectivity index (χ3n) is 3.10. The minimum Gasteiger partial charge on any atom is -0.379 e. The zero-order valence-corrected chi connectivity index (χ0v) is 10.5. The van der Waals surface area contributed by atoms with E-state index in [-0.39, 0.29) is 24.3 Å². The van der Waals surface area contributed by atoms with E-state index < -0.39 is 5.91 Å². The van der Waals surface area contributed by atoms with Gasteiger partial charge < -0.3 is 21.5 Å². The molecule has 1 aromatic rings. The Hall–Kier alpha value is -1.92. The summed E-state index contributed by atoms with van der Waals surface area (Å²) in [7, 11) is 0. The summed E-state index contributed by atoms with van der Waals surface area (Å²) in [5.74, 6) is -0.994. The molecule has 102 valence electrons. The second-order valence-corrected chi connectivity index (χ2v) is 4.60. The molecule has 2 rings (SSSR count). The highest BCUT2D eigenvalue weighted by atomic mass is 16.5. The van der Waals surface area contributed by atoms with E-state index in [1.54, 1.807) is 24.3 Å². The van der Waals surface area contributed by atoms with Gasteiger partial charge in [0.25, 0.3) is 0 Å². The van der Waals surface area contributed by atoms with Gasteiger partial charge in [-0.15, -0.1) is 0 Å². The Morgan fingerprint density at radius 3 is 2.68 bits per heavy atom. The minimum atomic E-state index is -0.442. The first-order valence-electron chi connectivity index (χ1n) is 6.08. The Morgan fingerprint density at radius 1 is 1.32 bits per heavy atom. The van der Waals surface area contributed by atoms with Crippen LogP contribution in [0.25, 0.3) is 0 Å². The second-order valence-electron chi connectivity index (χ2n) is 4.60. The fraction of sp³-hybridized carbons (Fsp3) is 0.385. The van der Waals surface area contributed by atoms with Crippen LogP contribution in [0.4, 0.5) is 5.69 Å². The molecule has 0 aliphatic carbocycles. The van der Waals surface area contributed by atoms with Gasteiger partial charge in [-0.3, -0.25) is 9.59 Å². The molecule has 5 N–H and O–H groups in total. The van der Waals surface area contributed by atoms with E-state index in [2.05, 4.69) is 5.32 Å². The highest BCUT2D eigenvalue weighted by molar-refractivity contribution is 5.94. The van der Waals surface area contributed by atoms with Crippen molar-refractivity contribution in [2.75, 3.05) is 18.5 Å². The zero-order chi connectivity index (χ0) is 13.8. The Labute approximate surface area is 111 Å². The monoisotopic (exact) mass is 263 g/mol. The Balaban J connectivity index is 2.10. The SMILES string of the molecule is NC(=O)Cc1ccccc1NC(=O)C1COCC1N. The maximum absolute atomic E-state index is 12.1. The van der Waals surface area contributed by atoms with Crippen LogP contribution in [0.15, 0.2) is 24.3 Å². The number of anilines is 1. The lowest BCUT2D eigenvalue weighted by molar-refractivity contribution is -0.120. The Bertz CT molecular complexity index is 490. The van der Waals surface area contributed by atoms with E-state index in [1.165, 1.54) is 0 Å². The molecule has 1 aromatic carbocycles. The summed E-state index contributed by atoms with van der Waals surface area (Å²) < 4.78 is 5.16. The van der Waals surface area contributed by atoms with Crippen molar-refractivity contribution < 1.29 is 14.3 Å². The van der Waals surface area contributed by atoms with E-state index in [1.807, 2.05) is 0 Å². The van der Waals surface area contributed by atoms with Crippen molar-refractivity contribution in [3.05, 3.63) is 29.8 Å². The number of primary amides is 1. The Kier molecular flexibility index (Phi) is 4.13. The molecule has 0 radical (unpaired) electrons. The number of rotatable bonds is 4. The number of hydrogen-bond acceptors (Lipinski definition) is 4. The molecule has 0 bridgehead atoms. The second kappa shape index (κ2) is 5.81. The van der Waals surface area contributed by atoms with Crippen LogP contribution in [0, 0.1) is 5.92 Å². The van der Waals surface area contributed by atoms with Crippen molar-refractivity contribution in [1.29, 1.82) is 0 Å². The molecule has 1 aliphatic rings. The van der Waals surface area contributed by atoms with Crippen molar-refractivity contribution in [1.82, 2.24) is 0 Å². The predicted molar refractivity (Wildman–Crippen MR) is 70.3 cm³/mol. The van der Waals surface area contributed by atoms with Crippen molar-refractivity contribution in [3.8, 4) is 0 Å². The number of nitrogens with one attached hydrogen (secondary N) is 1. The van der Waals surface area contributed by atoms with Gasteiger partial charge >= 0.3 is 0 Å². The largest absolute Gasteiger partial charge is 0.379 e. The van der Waals surface area contributed by atoms with Gasteiger partial charge in [0.2, 0.25) is 11.8 Å². The predicted octanol–water partition coefficient (Wildman–Crippen LogP) is -0.373. The van der Waals surface area contributed by atoms with Gasteiger partial charge in [-0.25, -0.2) is 0 Å². The number of hydrogen-bond donors (Lipinski definition) is 3. The molecule has 0 aromatic heterocycles. The number of carbonyl (C=O) groups excluding carboxylic acids is 2. The maximum Gasteiger partial charge on any atom is 0.231 e. The quantitative estimate of drug-likeness (QED) is 0.688.